The highest BCUT2D eigenvalue weighted by molar-refractivity contribution is 6.00. The average Bonchev–Trinajstić information content (AvgIpc) is 3.34. The summed E-state index contributed by atoms with van der Waals surface area (Å²) in [6, 6.07) is 24.2. The molecule has 0 aromatic heterocycles. The summed E-state index contributed by atoms with van der Waals surface area (Å²) in [6.45, 7) is 0.547. The van der Waals surface area contributed by atoms with Gasteiger partial charge in [0.15, 0.2) is 11.6 Å². The average molecular weight is 512 g/mol. The van der Waals surface area contributed by atoms with Crippen molar-refractivity contribution in [3.8, 4) is 5.75 Å². The summed E-state index contributed by atoms with van der Waals surface area (Å²) in [6.07, 6.45) is 3.69. The number of aliphatic hydroxyl groups excluding tert-OH is 1. The van der Waals surface area contributed by atoms with Crippen LogP contribution in [0.15, 0.2) is 95.0 Å². The SMILES string of the molecule is [N-]=[N+]=NCc1ccccc1[C@H]1OC(c2ccc(OCCCO)cc2)=N[C@@]1(C/C=C/c1ccccc1)C(N)=O. The first kappa shape index (κ1) is 26.5. The third-order valence-electron chi connectivity index (χ3n) is 6.24. The lowest BCUT2D eigenvalue weighted by Gasteiger charge is -2.29. The first-order chi connectivity index (χ1) is 18.6. The summed E-state index contributed by atoms with van der Waals surface area (Å²) in [7, 11) is 0. The zero-order chi connectivity index (χ0) is 26.8. The highest BCUT2D eigenvalue weighted by Crippen LogP contribution is 2.43. The van der Waals surface area contributed by atoms with Gasteiger partial charge >= 0.3 is 0 Å². The Morgan fingerprint density at radius 2 is 1.87 bits per heavy atom. The number of carbonyl (C=O) groups excluding carboxylic acids is 1. The normalized spacial score (nSPS) is 18.4. The number of aliphatic hydroxyl groups is 1. The Labute approximate surface area is 220 Å². The van der Waals surface area contributed by atoms with Gasteiger partial charge < -0.3 is 20.3 Å². The number of hydrogen-bond acceptors (Lipinski definition) is 6. The number of benzene rings is 3. The van der Waals surface area contributed by atoms with Crippen molar-refractivity contribution in [2.24, 2.45) is 15.8 Å². The molecule has 38 heavy (non-hydrogen) atoms. The Hall–Kier alpha value is -4.59. The van der Waals surface area contributed by atoms with Gasteiger partial charge in [-0.3, -0.25) is 4.79 Å². The molecular formula is C29H29N5O4. The maximum absolute atomic E-state index is 13.1. The molecule has 0 aliphatic carbocycles. The standard InChI is InChI=1S/C29H29N5O4/c30-28(36)29(17-6-10-21-8-2-1-3-9-21)26(25-12-5-4-11-23(25)20-32-34-31)38-27(33-29)22-13-15-24(16-14-22)37-19-7-18-35/h1-6,8-16,26,35H,7,17-20H2,(H2,30,36)/b10-6+/t26-,29-/m1/s1. The summed E-state index contributed by atoms with van der Waals surface area (Å²) in [5.41, 5.74) is 16.5. The topological polar surface area (TPSA) is 143 Å². The van der Waals surface area contributed by atoms with Gasteiger partial charge in [-0.15, -0.1) is 0 Å². The second-order valence-electron chi connectivity index (χ2n) is 8.76. The van der Waals surface area contributed by atoms with E-state index in [2.05, 4.69) is 10.0 Å². The molecule has 0 spiro atoms. The molecule has 3 aromatic rings. The second-order valence-corrected chi connectivity index (χ2v) is 8.76. The molecule has 9 nitrogen and oxygen atoms in total. The van der Waals surface area contributed by atoms with Gasteiger partial charge in [0.1, 0.15) is 5.75 Å². The van der Waals surface area contributed by atoms with Crippen LogP contribution in [0.3, 0.4) is 0 Å². The van der Waals surface area contributed by atoms with Gasteiger partial charge in [-0.25, -0.2) is 4.99 Å². The highest BCUT2D eigenvalue weighted by atomic mass is 16.5. The smallest absolute Gasteiger partial charge is 0.250 e. The largest absolute Gasteiger partial charge is 0.494 e. The number of aliphatic imine (C=N–C) groups is 1. The molecule has 0 saturated carbocycles. The van der Waals surface area contributed by atoms with Crippen molar-refractivity contribution in [3.63, 3.8) is 0 Å². The van der Waals surface area contributed by atoms with Gasteiger partial charge in [0.2, 0.25) is 11.8 Å². The lowest BCUT2D eigenvalue weighted by molar-refractivity contribution is -0.125. The summed E-state index contributed by atoms with van der Waals surface area (Å²) >= 11 is 0. The molecule has 9 heteroatoms. The van der Waals surface area contributed by atoms with Crippen molar-refractivity contribution in [1.29, 1.82) is 0 Å². The minimum atomic E-state index is -1.43. The van der Waals surface area contributed by atoms with E-state index in [-0.39, 0.29) is 25.5 Å². The number of carbonyl (C=O) groups is 1. The first-order valence-electron chi connectivity index (χ1n) is 12.3. The van der Waals surface area contributed by atoms with Crippen LogP contribution < -0.4 is 10.5 Å². The van der Waals surface area contributed by atoms with Crippen LogP contribution in [0.25, 0.3) is 16.5 Å². The van der Waals surface area contributed by atoms with Crippen LogP contribution in [0.5, 0.6) is 5.75 Å². The molecular weight excluding hydrogens is 482 g/mol. The summed E-state index contributed by atoms with van der Waals surface area (Å²) in [4.78, 5) is 20.8. The summed E-state index contributed by atoms with van der Waals surface area (Å²) in [5, 5.41) is 12.7. The van der Waals surface area contributed by atoms with Crippen molar-refractivity contribution in [2.75, 3.05) is 13.2 Å². The van der Waals surface area contributed by atoms with E-state index < -0.39 is 17.6 Å². The fourth-order valence-corrected chi connectivity index (χ4v) is 4.30. The zero-order valence-corrected chi connectivity index (χ0v) is 20.8. The van der Waals surface area contributed by atoms with E-state index in [9.17, 15) is 4.79 Å². The molecule has 0 fully saturated rings. The quantitative estimate of drug-likeness (QED) is 0.151. The van der Waals surface area contributed by atoms with Crippen LogP contribution >= 0.6 is 0 Å². The Bertz CT molecular complexity index is 1350. The minimum Gasteiger partial charge on any atom is -0.494 e. The van der Waals surface area contributed by atoms with Gasteiger partial charge in [-0.1, -0.05) is 71.9 Å². The van der Waals surface area contributed by atoms with Crippen molar-refractivity contribution in [2.45, 2.75) is 31.0 Å². The molecule has 4 rings (SSSR count). The van der Waals surface area contributed by atoms with E-state index in [0.717, 1.165) is 11.1 Å². The number of nitrogens with zero attached hydrogens (tertiary/aromatic N) is 4. The molecule has 0 saturated heterocycles. The molecule has 3 N–H and O–H groups in total. The Morgan fingerprint density at radius 1 is 1.13 bits per heavy atom. The van der Waals surface area contributed by atoms with Crippen LogP contribution in [-0.4, -0.2) is 35.7 Å². The maximum Gasteiger partial charge on any atom is 0.250 e. The molecule has 194 valence electrons. The summed E-state index contributed by atoms with van der Waals surface area (Å²) in [5.74, 6) is 0.296. The molecule has 1 aliphatic rings. The first-order valence-corrected chi connectivity index (χ1v) is 12.3. The zero-order valence-electron chi connectivity index (χ0n) is 20.8. The van der Waals surface area contributed by atoms with Gasteiger partial charge in [0.05, 0.1) is 13.2 Å². The predicted molar refractivity (Wildman–Crippen MR) is 145 cm³/mol. The van der Waals surface area contributed by atoms with Crippen LogP contribution in [-0.2, 0) is 16.1 Å². The highest BCUT2D eigenvalue weighted by Gasteiger charge is 2.52. The predicted octanol–water partition coefficient (Wildman–Crippen LogP) is 5.10. The second kappa shape index (κ2) is 12.6. The Kier molecular flexibility index (Phi) is 8.77. The molecule has 0 unspecified atom stereocenters. The van der Waals surface area contributed by atoms with Gasteiger partial charge in [0.25, 0.3) is 0 Å². The minimum absolute atomic E-state index is 0.0548. The van der Waals surface area contributed by atoms with E-state index in [1.54, 1.807) is 24.3 Å². The fraction of sp³-hybridized carbons (Fsp3) is 0.241. The number of nitrogens with two attached hydrogens (primary N) is 1. The number of amides is 1. The lowest BCUT2D eigenvalue weighted by atomic mass is 9.83. The Balaban J connectivity index is 1.72. The van der Waals surface area contributed by atoms with Crippen LogP contribution in [0.4, 0.5) is 0 Å². The van der Waals surface area contributed by atoms with Crippen molar-refractivity contribution < 1.29 is 19.4 Å². The molecule has 0 radical (unpaired) electrons. The third-order valence-corrected chi connectivity index (χ3v) is 6.24. The van der Waals surface area contributed by atoms with Gasteiger partial charge in [-0.2, -0.15) is 0 Å². The number of ether oxygens (including phenoxy) is 2. The van der Waals surface area contributed by atoms with Crippen molar-refractivity contribution in [3.05, 3.63) is 118 Å². The Morgan fingerprint density at radius 3 is 2.58 bits per heavy atom. The molecule has 0 bridgehead atoms. The molecule has 1 aliphatic heterocycles. The van der Waals surface area contributed by atoms with Crippen molar-refractivity contribution >= 4 is 17.9 Å². The molecule has 2 atom stereocenters. The van der Waals surface area contributed by atoms with E-state index in [4.69, 9.17) is 30.8 Å². The number of hydrogen-bond donors (Lipinski definition) is 2. The lowest BCUT2D eigenvalue weighted by Crippen LogP contribution is -2.45. The van der Waals surface area contributed by atoms with Crippen LogP contribution in [0.2, 0.25) is 0 Å². The van der Waals surface area contributed by atoms with Crippen molar-refractivity contribution in [1.82, 2.24) is 0 Å². The molecule has 1 heterocycles. The van der Waals surface area contributed by atoms with E-state index in [0.29, 0.717) is 29.9 Å². The monoisotopic (exact) mass is 511 g/mol. The number of primary amides is 1. The van der Waals surface area contributed by atoms with Gasteiger partial charge in [-0.05, 0) is 46.5 Å². The summed E-state index contributed by atoms with van der Waals surface area (Å²) < 4.78 is 12.0. The maximum atomic E-state index is 13.1. The number of azide groups is 1. The third kappa shape index (κ3) is 6.03. The van der Waals surface area contributed by atoms with E-state index in [1.165, 1.54) is 0 Å². The van der Waals surface area contributed by atoms with Crippen LogP contribution in [0.1, 0.15) is 41.2 Å². The molecule has 1 amide bonds. The van der Waals surface area contributed by atoms with Gasteiger partial charge in [0, 0.05) is 29.9 Å². The fourth-order valence-electron chi connectivity index (χ4n) is 4.30. The van der Waals surface area contributed by atoms with E-state index in [1.807, 2.05) is 66.7 Å². The molecule has 3 aromatic carbocycles. The van der Waals surface area contributed by atoms with E-state index >= 15 is 0 Å². The van der Waals surface area contributed by atoms with Crippen LogP contribution in [0, 0.1) is 0 Å². The number of rotatable bonds is 12.